The second kappa shape index (κ2) is 5.23. The Morgan fingerprint density at radius 3 is 2.85 bits per heavy atom. The summed E-state index contributed by atoms with van der Waals surface area (Å²) in [7, 11) is 0. The summed E-state index contributed by atoms with van der Waals surface area (Å²) < 4.78 is 5.84. The number of rotatable bonds is 4. The molecule has 2 unspecified atom stereocenters. The molecule has 0 N–H and O–H groups in total. The van der Waals surface area contributed by atoms with Gasteiger partial charge in [0.15, 0.2) is 0 Å². The van der Waals surface area contributed by atoms with Crippen molar-refractivity contribution in [1.82, 2.24) is 25.1 Å². The SMILES string of the molecule is c1cc(-c2nnn(CCN3CC4CCC(C3)O4)n2)cs1. The van der Waals surface area contributed by atoms with Gasteiger partial charge in [-0.2, -0.15) is 16.1 Å². The first-order valence-electron chi connectivity index (χ1n) is 7.05. The van der Waals surface area contributed by atoms with Crippen molar-refractivity contribution in [3.63, 3.8) is 0 Å². The Kier molecular flexibility index (Phi) is 3.25. The van der Waals surface area contributed by atoms with Gasteiger partial charge in [-0.1, -0.05) is 0 Å². The molecule has 106 valence electrons. The van der Waals surface area contributed by atoms with Crippen LogP contribution in [0.15, 0.2) is 16.8 Å². The smallest absolute Gasteiger partial charge is 0.205 e. The largest absolute Gasteiger partial charge is 0.372 e. The Hall–Kier alpha value is -1.31. The average molecular weight is 291 g/mol. The molecular weight excluding hydrogens is 274 g/mol. The van der Waals surface area contributed by atoms with Gasteiger partial charge in [-0.15, -0.1) is 10.2 Å². The van der Waals surface area contributed by atoms with Crippen LogP contribution in [0, 0.1) is 0 Å². The Bertz CT molecular complexity index is 557. The predicted molar refractivity (Wildman–Crippen MR) is 75.5 cm³/mol. The summed E-state index contributed by atoms with van der Waals surface area (Å²) in [5.74, 6) is 0.716. The van der Waals surface area contributed by atoms with Crippen LogP contribution in [0.1, 0.15) is 12.8 Å². The van der Waals surface area contributed by atoms with Gasteiger partial charge >= 0.3 is 0 Å². The number of morpholine rings is 1. The number of hydrogen-bond acceptors (Lipinski definition) is 6. The molecule has 6 nitrogen and oxygen atoms in total. The molecule has 2 aromatic rings. The summed E-state index contributed by atoms with van der Waals surface area (Å²) in [5.41, 5.74) is 1.05. The zero-order valence-electron chi connectivity index (χ0n) is 11.2. The van der Waals surface area contributed by atoms with Gasteiger partial charge in [0.05, 0.1) is 18.8 Å². The van der Waals surface area contributed by atoms with E-state index in [9.17, 15) is 0 Å². The summed E-state index contributed by atoms with van der Waals surface area (Å²) >= 11 is 1.65. The molecule has 2 fully saturated rings. The Balaban J connectivity index is 1.36. The third kappa shape index (κ3) is 2.48. The summed E-state index contributed by atoms with van der Waals surface area (Å²) in [6.07, 6.45) is 3.31. The van der Waals surface area contributed by atoms with Gasteiger partial charge in [-0.05, 0) is 29.5 Å². The number of likely N-dealkylation sites (tertiary alicyclic amines) is 1. The number of thiophene rings is 1. The maximum Gasteiger partial charge on any atom is 0.205 e. The number of tetrazole rings is 1. The molecule has 0 spiro atoms. The maximum absolute atomic E-state index is 5.84. The van der Waals surface area contributed by atoms with Crippen molar-refractivity contribution >= 4 is 11.3 Å². The highest BCUT2D eigenvalue weighted by Crippen LogP contribution is 2.26. The van der Waals surface area contributed by atoms with Crippen molar-refractivity contribution in [2.75, 3.05) is 19.6 Å². The number of hydrogen-bond donors (Lipinski definition) is 0. The van der Waals surface area contributed by atoms with Crippen LogP contribution in [0.2, 0.25) is 0 Å². The molecule has 0 saturated carbocycles. The fourth-order valence-electron chi connectivity index (χ4n) is 2.96. The fraction of sp³-hybridized carbons (Fsp3) is 0.615. The second-order valence-electron chi connectivity index (χ2n) is 5.44. The number of ether oxygens (including phenoxy) is 1. The van der Waals surface area contributed by atoms with Gasteiger partial charge in [-0.3, -0.25) is 4.90 Å². The lowest BCUT2D eigenvalue weighted by molar-refractivity contribution is -0.0395. The molecule has 2 atom stereocenters. The van der Waals surface area contributed by atoms with Crippen LogP contribution in [0.25, 0.3) is 11.4 Å². The van der Waals surface area contributed by atoms with Gasteiger partial charge in [0.1, 0.15) is 0 Å². The average Bonchev–Trinajstić information content (AvgIpc) is 3.17. The van der Waals surface area contributed by atoms with Crippen LogP contribution in [0.4, 0.5) is 0 Å². The molecule has 4 rings (SSSR count). The predicted octanol–water partition coefficient (Wildman–Crippen LogP) is 1.26. The molecular formula is C13H17N5OS. The maximum atomic E-state index is 5.84. The monoisotopic (exact) mass is 291 g/mol. The van der Waals surface area contributed by atoms with E-state index < -0.39 is 0 Å². The summed E-state index contributed by atoms with van der Waals surface area (Å²) in [4.78, 5) is 4.16. The quantitative estimate of drug-likeness (QED) is 0.849. The van der Waals surface area contributed by atoms with Crippen molar-refractivity contribution in [2.24, 2.45) is 0 Å². The molecule has 2 saturated heterocycles. The van der Waals surface area contributed by atoms with Crippen LogP contribution in [-0.4, -0.2) is 56.9 Å². The molecule has 2 aliphatic rings. The topological polar surface area (TPSA) is 56.1 Å². The minimum Gasteiger partial charge on any atom is -0.372 e. The molecule has 0 radical (unpaired) electrons. The lowest BCUT2D eigenvalue weighted by Gasteiger charge is -2.31. The zero-order chi connectivity index (χ0) is 13.4. The van der Waals surface area contributed by atoms with Gasteiger partial charge in [0.25, 0.3) is 0 Å². The highest BCUT2D eigenvalue weighted by Gasteiger charge is 2.33. The van der Waals surface area contributed by atoms with E-state index >= 15 is 0 Å². The molecule has 2 bridgehead atoms. The molecule has 0 aromatic carbocycles. The molecule has 0 amide bonds. The van der Waals surface area contributed by atoms with E-state index in [0.29, 0.717) is 18.0 Å². The summed E-state index contributed by atoms with van der Waals surface area (Å²) in [6, 6.07) is 2.02. The Morgan fingerprint density at radius 1 is 1.25 bits per heavy atom. The first-order chi connectivity index (χ1) is 9.87. The van der Waals surface area contributed by atoms with E-state index in [0.717, 1.165) is 31.7 Å². The van der Waals surface area contributed by atoms with Crippen molar-refractivity contribution in [3.8, 4) is 11.4 Å². The van der Waals surface area contributed by atoms with E-state index in [4.69, 9.17) is 4.74 Å². The van der Waals surface area contributed by atoms with E-state index in [-0.39, 0.29) is 0 Å². The third-order valence-electron chi connectivity index (χ3n) is 3.97. The standard InChI is InChI=1S/C13H17N5OS/c1-2-12-8-17(7-11(1)19-12)4-5-18-15-13(14-16-18)10-3-6-20-9-10/h3,6,9,11-12H,1-2,4-5,7-8H2. The van der Waals surface area contributed by atoms with E-state index in [1.165, 1.54) is 12.8 Å². The highest BCUT2D eigenvalue weighted by atomic mass is 32.1. The van der Waals surface area contributed by atoms with Crippen molar-refractivity contribution in [2.45, 2.75) is 31.6 Å². The van der Waals surface area contributed by atoms with Gasteiger partial charge in [0.2, 0.25) is 5.82 Å². The normalized spacial score (nSPS) is 26.2. The molecule has 7 heteroatoms. The van der Waals surface area contributed by atoms with E-state index in [1.54, 1.807) is 16.1 Å². The van der Waals surface area contributed by atoms with Crippen LogP contribution in [0.3, 0.4) is 0 Å². The number of fused-ring (bicyclic) bond motifs is 2. The molecule has 20 heavy (non-hydrogen) atoms. The fourth-order valence-corrected chi connectivity index (χ4v) is 3.59. The number of aromatic nitrogens is 4. The minimum absolute atomic E-state index is 0.443. The van der Waals surface area contributed by atoms with Crippen LogP contribution >= 0.6 is 11.3 Å². The molecule has 2 aromatic heterocycles. The van der Waals surface area contributed by atoms with Crippen LogP contribution in [-0.2, 0) is 11.3 Å². The van der Waals surface area contributed by atoms with Crippen LogP contribution in [0.5, 0.6) is 0 Å². The second-order valence-corrected chi connectivity index (χ2v) is 6.22. The molecule has 2 aliphatic heterocycles. The minimum atomic E-state index is 0.443. The van der Waals surface area contributed by atoms with Gasteiger partial charge < -0.3 is 4.74 Å². The van der Waals surface area contributed by atoms with Crippen molar-refractivity contribution < 1.29 is 4.74 Å². The highest BCUT2D eigenvalue weighted by molar-refractivity contribution is 7.08. The zero-order valence-corrected chi connectivity index (χ0v) is 12.0. The third-order valence-corrected chi connectivity index (χ3v) is 4.65. The lowest BCUT2D eigenvalue weighted by Crippen LogP contribution is -2.43. The molecule has 4 heterocycles. The Morgan fingerprint density at radius 2 is 2.10 bits per heavy atom. The van der Waals surface area contributed by atoms with E-state index in [2.05, 4.69) is 20.3 Å². The van der Waals surface area contributed by atoms with Gasteiger partial charge in [0, 0.05) is 30.6 Å². The first kappa shape index (κ1) is 12.4. The molecule has 0 aliphatic carbocycles. The lowest BCUT2D eigenvalue weighted by atomic mass is 10.2. The summed E-state index contributed by atoms with van der Waals surface area (Å²) in [5, 5.41) is 16.7. The van der Waals surface area contributed by atoms with Crippen LogP contribution < -0.4 is 0 Å². The number of nitrogens with zero attached hydrogens (tertiary/aromatic N) is 5. The van der Waals surface area contributed by atoms with Gasteiger partial charge in [-0.25, -0.2) is 0 Å². The Labute approximate surface area is 121 Å². The first-order valence-corrected chi connectivity index (χ1v) is 7.99. The van der Waals surface area contributed by atoms with E-state index in [1.807, 2.05) is 16.8 Å². The summed E-state index contributed by atoms with van der Waals surface area (Å²) in [6.45, 7) is 3.84. The van der Waals surface area contributed by atoms with Crippen molar-refractivity contribution in [3.05, 3.63) is 16.8 Å². The van der Waals surface area contributed by atoms with Crippen molar-refractivity contribution in [1.29, 1.82) is 0 Å².